The van der Waals surface area contributed by atoms with Gasteiger partial charge in [-0.25, -0.2) is 0 Å². The highest BCUT2D eigenvalue weighted by molar-refractivity contribution is 5.98. The lowest BCUT2D eigenvalue weighted by atomic mass is 9.86. The van der Waals surface area contributed by atoms with Gasteiger partial charge in [0.2, 0.25) is 5.91 Å². The summed E-state index contributed by atoms with van der Waals surface area (Å²) in [6.45, 7) is 12.4. The van der Waals surface area contributed by atoms with Crippen LogP contribution in [0, 0.1) is 5.92 Å². The number of esters is 1. The average molecular weight is 647 g/mol. The molecule has 0 aromatic heterocycles. The Morgan fingerprint density at radius 1 is 1.02 bits per heavy atom. The van der Waals surface area contributed by atoms with Crippen molar-refractivity contribution in [3.8, 4) is 0 Å². The second-order valence-electron chi connectivity index (χ2n) is 13.4. The van der Waals surface area contributed by atoms with Crippen LogP contribution in [0.4, 0.5) is 4.53 Å². The van der Waals surface area contributed by atoms with E-state index in [0.717, 1.165) is 38.6 Å². The lowest BCUT2D eigenvalue weighted by Gasteiger charge is -2.47. The molecule has 0 aromatic carbocycles. The van der Waals surface area contributed by atoms with Gasteiger partial charge >= 0.3 is 5.97 Å². The molecule has 3 unspecified atom stereocenters. The highest BCUT2D eigenvalue weighted by Gasteiger charge is 2.41. The number of ketones is 1. The number of methoxy groups -OCH3 is 1. The maximum absolute atomic E-state index is 12.6. The molecule has 45 heavy (non-hydrogen) atoms. The van der Waals surface area contributed by atoms with Crippen LogP contribution in [0.15, 0.2) is 0 Å². The molecule has 11 nitrogen and oxygen atoms in total. The molecule has 0 bridgehead atoms. The van der Waals surface area contributed by atoms with Gasteiger partial charge in [-0.2, -0.15) is 4.94 Å². The minimum Gasteiger partial charge on any atom is -0.463 e. The second-order valence-corrected chi connectivity index (χ2v) is 13.4. The standard InChI is InChI=1S/C23H41N3O5.C8H16FNO2.C2H6/c1-18-19(27)8-10-22(2,30-6)9-7-13-25(5)23(17-31-21(18)29)11-14-26(15-12-23)20(28)16-24(3)4;1-6-4-7(10(2)3)5-8(11-6)12-9;1-2/h18H,7-17H2,1-6H3;6-8H,4-5H2,1-3H3;1-2H3/t18?,22-;6-,7?,8?;/m11./s1. The van der Waals surface area contributed by atoms with Crippen LogP contribution in [0.3, 0.4) is 0 Å². The number of hydrogen-bond acceptors (Lipinski definition) is 10. The first-order valence-electron chi connectivity index (χ1n) is 16.6. The summed E-state index contributed by atoms with van der Waals surface area (Å²) in [5.41, 5.74) is -0.714. The fraction of sp³-hybridized carbons (Fsp3) is 0.909. The van der Waals surface area contributed by atoms with E-state index >= 15 is 0 Å². The molecule has 3 aliphatic rings. The molecular formula is C33H63FN4O7. The van der Waals surface area contributed by atoms with E-state index in [0.29, 0.717) is 44.9 Å². The largest absolute Gasteiger partial charge is 0.463 e. The van der Waals surface area contributed by atoms with Gasteiger partial charge in [-0.3, -0.25) is 19.3 Å². The molecule has 1 amide bonds. The SMILES string of the molecule is CC.CO[C@]1(C)CCCN(C)C2(CCN(C(=O)CN(C)C)CC2)COC(=O)C(C)C(=O)CC1.C[C@@H]1CC(N(C)C)CC(OF)O1. The minimum absolute atomic E-state index is 0.0758. The first-order chi connectivity index (χ1) is 21.1. The molecule has 0 aromatic rings. The molecule has 5 atom stereocenters. The molecule has 3 heterocycles. The molecule has 0 radical (unpaired) electrons. The van der Waals surface area contributed by atoms with Crippen LogP contribution in [0.25, 0.3) is 0 Å². The number of amides is 1. The van der Waals surface area contributed by atoms with E-state index in [1.165, 1.54) is 0 Å². The van der Waals surface area contributed by atoms with Gasteiger partial charge in [-0.15, -0.1) is 0 Å². The van der Waals surface area contributed by atoms with Gasteiger partial charge in [-0.1, -0.05) is 13.8 Å². The normalized spacial score (nSPS) is 30.2. The average Bonchev–Trinajstić information content (AvgIpc) is 3.02. The van der Waals surface area contributed by atoms with Crippen LogP contribution in [0.2, 0.25) is 0 Å². The zero-order valence-corrected chi connectivity index (χ0v) is 30.0. The number of carbonyl (C=O) groups is 3. The van der Waals surface area contributed by atoms with Crippen molar-refractivity contribution in [3.63, 3.8) is 0 Å². The van der Waals surface area contributed by atoms with Crippen molar-refractivity contribution in [2.45, 2.75) is 116 Å². The third-order valence-corrected chi connectivity index (χ3v) is 9.50. The summed E-state index contributed by atoms with van der Waals surface area (Å²) in [4.78, 5) is 49.5. The van der Waals surface area contributed by atoms with E-state index in [2.05, 4.69) is 21.8 Å². The Hall–Kier alpha value is -1.70. The van der Waals surface area contributed by atoms with Gasteiger partial charge in [0.1, 0.15) is 18.3 Å². The number of likely N-dealkylation sites (N-methyl/N-ethyl adjacent to an activating group) is 2. The van der Waals surface area contributed by atoms with Crippen LogP contribution in [-0.2, 0) is 33.5 Å². The van der Waals surface area contributed by atoms with Gasteiger partial charge in [0.15, 0.2) is 6.29 Å². The summed E-state index contributed by atoms with van der Waals surface area (Å²) in [7, 11) is 11.5. The highest BCUT2D eigenvalue weighted by Crippen LogP contribution is 2.32. The Labute approximate surface area is 271 Å². The summed E-state index contributed by atoms with van der Waals surface area (Å²) in [6, 6.07) is 0.356. The number of cyclic esters (lactones) is 1. The van der Waals surface area contributed by atoms with Crippen LogP contribution in [0.5, 0.6) is 0 Å². The highest BCUT2D eigenvalue weighted by atomic mass is 19.3. The van der Waals surface area contributed by atoms with Crippen LogP contribution in [0.1, 0.15) is 86.0 Å². The Morgan fingerprint density at radius 3 is 2.18 bits per heavy atom. The first kappa shape index (κ1) is 41.3. The second kappa shape index (κ2) is 19.8. The molecule has 264 valence electrons. The lowest BCUT2D eigenvalue weighted by molar-refractivity contribution is -0.304. The van der Waals surface area contributed by atoms with Gasteiger partial charge < -0.3 is 28.9 Å². The van der Waals surface area contributed by atoms with E-state index in [9.17, 15) is 18.9 Å². The third-order valence-electron chi connectivity index (χ3n) is 9.50. The van der Waals surface area contributed by atoms with Crippen molar-refractivity contribution in [1.82, 2.24) is 19.6 Å². The van der Waals surface area contributed by atoms with Crippen LogP contribution in [-0.4, -0.2) is 142 Å². The molecule has 3 rings (SSSR count). The number of Topliss-reactive ketones (excluding diaryl/α,β-unsaturated/α-hetero) is 1. The number of rotatable bonds is 5. The number of nitrogens with zero attached hydrogens (tertiary/aromatic N) is 4. The number of hydrogen-bond donors (Lipinski definition) is 0. The molecule has 3 saturated heterocycles. The maximum Gasteiger partial charge on any atom is 0.316 e. The molecule has 1 spiro atoms. The number of piperidine rings is 1. The molecular weight excluding hydrogens is 583 g/mol. The molecule has 0 saturated carbocycles. The molecule has 12 heteroatoms. The predicted molar refractivity (Wildman–Crippen MR) is 173 cm³/mol. The lowest BCUT2D eigenvalue weighted by Crippen LogP contribution is -2.58. The Morgan fingerprint density at radius 2 is 1.64 bits per heavy atom. The number of likely N-dealkylation sites (tertiary alicyclic amines) is 1. The first-order valence-corrected chi connectivity index (χ1v) is 16.6. The number of ether oxygens (including phenoxy) is 3. The van der Waals surface area contributed by atoms with Crippen LogP contribution < -0.4 is 0 Å². The Kier molecular flexibility index (Phi) is 18.2. The van der Waals surface area contributed by atoms with Gasteiger partial charge in [0.05, 0.1) is 23.8 Å². The monoisotopic (exact) mass is 646 g/mol. The van der Waals surface area contributed by atoms with Crippen molar-refractivity contribution in [1.29, 1.82) is 0 Å². The quantitative estimate of drug-likeness (QED) is 0.323. The minimum atomic E-state index is -0.772. The topological polar surface area (TPSA) is 101 Å². The zero-order chi connectivity index (χ0) is 34.4. The van der Waals surface area contributed by atoms with E-state index in [1.54, 1.807) is 14.0 Å². The summed E-state index contributed by atoms with van der Waals surface area (Å²) >= 11 is 0. The molecule has 0 aliphatic carbocycles. The van der Waals surface area contributed by atoms with Crippen molar-refractivity contribution in [2.75, 3.05) is 75.1 Å². The van der Waals surface area contributed by atoms with Gasteiger partial charge in [0, 0.05) is 39.1 Å². The predicted octanol–water partition coefficient (Wildman–Crippen LogP) is 3.94. The van der Waals surface area contributed by atoms with Crippen molar-refractivity contribution < 1.29 is 38.1 Å². The van der Waals surface area contributed by atoms with Crippen molar-refractivity contribution in [3.05, 3.63) is 0 Å². The number of carbonyl (C=O) groups excluding carboxylic acids is 3. The Balaban J connectivity index is 0.000000601. The van der Waals surface area contributed by atoms with Crippen molar-refractivity contribution in [2.24, 2.45) is 5.92 Å². The third kappa shape index (κ3) is 13.1. The zero-order valence-electron chi connectivity index (χ0n) is 30.0. The summed E-state index contributed by atoms with van der Waals surface area (Å²) in [5, 5.41) is 0. The van der Waals surface area contributed by atoms with Gasteiger partial charge in [0.25, 0.3) is 0 Å². The molecule has 0 N–H and O–H groups in total. The van der Waals surface area contributed by atoms with Crippen molar-refractivity contribution >= 4 is 17.7 Å². The van der Waals surface area contributed by atoms with E-state index < -0.39 is 18.2 Å². The van der Waals surface area contributed by atoms with Crippen LogP contribution >= 0.6 is 0 Å². The van der Waals surface area contributed by atoms with E-state index in [4.69, 9.17) is 14.2 Å². The van der Waals surface area contributed by atoms with E-state index in [1.807, 2.05) is 65.7 Å². The fourth-order valence-electron chi connectivity index (χ4n) is 6.05. The maximum atomic E-state index is 12.6. The van der Waals surface area contributed by atoms with E-state index in [-0.39, 0.29) is 35.5 Å². The smallest absolute Gasteiger partial charge is 0.316 e. The number of halogens is 1. The fourth-order valence-corrected chi connectivity index (χ4v) is 6.05. The molecule has 3 fully saturated rings. The summed E-state index contributed by atoms with van der Waals surface area (Å²) in [6.07, 6.45) is 5.08. The molecule has 3 aliphatic heterocycles. The summed E-state index contributed by atoms with van der Waals surface area (Å²) in [5.74, 6) is -1.20. The Bertz CT molecular complexity index is 900. The van der Waals surface area contributed by atoms with Gasteiger partial charge in [-0.05, 0) is 106 Å². The summed E-state index contributed by atoms with van der Waals surface area (Å²) < 4.78 is 28.5.